The van der Waals surface area contributed by atoms with Gasteiger partial charge in [0.05, 0.1) is 16.8 Å². The van der Waals surface area contributed by atoms with E-state index in [0.29, 0.717) is 0 Å². The summed E-state index contributed by atoms with van der Waals surface area (Å²) in [6, 6.07) is 18.8. The summed E-state index contributed by atoms with van der Waals surface area (Å²) in [4.78, 5) is 5.05. The molecule has 164 valence electrons. The largest absolute Gasteiger partial charge is 0.340 e. The molecule has 1 aliphatic carbocycles. The van der Waals surface area contributed by atoms with Crippen molar-refractivity contribution in [1.82, 2.24) is 19.3 Å². The Balaban J connectivity index is 1.44. The number of nitrogens with zero attached hydrogens (tertiary/aromatic N) is 3. The highest BCUT2D eigenvalue weighted by Crippen LogP contribution is 2.26. The van der Waals surface area contributed by atoms with E-state index >= 15 is 0 Å². The lowest BCUT2D eigenvalue weighted by Gasteiger charge is -2.14. The van der Waals surface area contributed by atoms with Crippen LogP contribution in [0.5, 0.6) is 0 Å². The van der Waals surface area contributed by atoms with Crippen LogP contribution in [0.4, 0.5) is 11.5 Å². The van der Waals surface area contributed by atoms with Crippen molar-refractivity contribution in [2.24, 2.45) is 0 Å². The molecule has 1 fully saturated rings. The normalized spacial score (nSPS) is 14.8. The van der Waals surface area contributed by atoms with Crippen molar-refractivity contribution >= 4 is 27.2 Å². The van der Waals surface area contributed by atoms with Crippen molar-refractivity contribution in [3.8, 4) is 11.3 Å². The number of benzene rings is 2. The molecule has 0 aliphatic heterocycles. The van der Waals surface area contributed by atoms with Crippen LogP contribution in [0.3, 0.4) is 0 Å². The first-order chi connectivity index (χ1) is 15.5. The van der Waals surface area contributed by atoms with Crippen molar-refractivity contribution in [3.63, 3.8) is 0 Å². The first kappa shape index (κ1) is 20.7. The average Bonchev–Trinajstić information content (AvgIpc) is 3.44. The summed E-state index contributed by atoms with van der Waals surface area (Å²) in [7, 11) is -3.51. The molecule has 1 saturated carbocycles. The van der Waals surface area contributed by atoms with Gasteiger partial charge in [-0.15, -0.1) is 0 Å². The predicted octanol–water partition coefficient (Wildman–Crippen LogP) is 4.67. The molecule has 0 spiro atoms. The van der Waals surface area contributed by atoms with Crippen molar-refractivity contribution < 1.29 is 8.42 Å². The van der Waals surface area contributed by atoms with Gasteiger partial charge in [0, 0.05) is 28.9 Å². The van der Waals surface area contributed by atoms with Crippen LogP contribution in [0.15, 0.2) is 71.8 Å². The van der Waals surface area contributed by atoms with Gasteiger partial charge >= 0.3 is 0 Å². The molecular weight excluding hydrogens is 422 g/mol. The number of hydrogen-bond donors (Lipinski definition) is 2. The molecule has 0 radical (unpaired) electrons. The van der Waals surface area contributed by atoms with Crippen molar-refractivity contribution in [3.05, 3.63) is 72.4 Å². The van der Waals surface area contributed by atoms with E-state index in [1.807, 2.05) is 43.3 Å². The molecule has 2 aromatic heterocycles. The molecule has 0 bridgehead atoms. The number of rotatable bonds is 6. The molecule has 2 aromatic carbocycles. The van der Waals surface area contributed by atoms with Crippen molar-refractivity contribution in [1.29, 1.82) is 0 Å². The lowest BCUT2D eigenvalue weighted by atomic mass is 10.1. The van der Waals surface area contributed by atoms with Gasteiger partial charge in [-0.2, -0.15) is 9.61 Å². The predicted molar refractivity (Wildman–Crippen MR) is 125 cm³/mol. The third-order valence-electron chi connectivity index (χ3n) is 5.83. The minimum Gasteiger partial charge on any atom is -0.340 e. The highest BCUT2D eigenvalue weighted by molar-refractivity contribution is 7.89. The van der Waals surface area contributed by atoms with Crippen LogP contribution in [0.2, 0.25) is 0 Å². The number of fused-ring (bicyclic) bond motifs is 1. The molecule has 7 nitrogen and oxygen atoms in total. The van der Waals surface area contributed by atoms with E-state index in [4.69, 9.17) is 4.98 Å². The zero-order valence-corrected chi connectivity index (χ0v) is 18.6. The maximum absolute atomic E-state index is 12.7. The fourth-order valence-corrected chi connectivity index (χ4v) is 5.42. The number of aryl methyl sites for hydroxylation is 1. The summed E-state index contributed by atoms with van der Waals surface area (Å²) >= 11 is 0. The van der Waals surface area contributed by atoms with Gasteiger partial charge in [0.15, 0.2) is 5.65 Å². The van der Waals surface area contributed by atoms with Crippen LogP contribution in [-0.4, -0.2) is 29.1 Å². The SMILES string of the molecule is Cc1cnn2c(Nc3ccc(S(=O)(=O)NC4CCCC4)cc3)cc(-c3ccccc3)nc12. The zero-order chi connectivity index (χ0) is 22.1. The summed E-state index contributed by atoms with van der Waals surface area (Å²) in [5.74, 6) is 0.752. The quantitative estimate of drug-likeness (QED) is 0.448. The first-order valence-corrected chi connectivity index (χ1v) is 12.3. The first-order valence-electron chi connectivity index (χ1n) is 10.8. The topological polar surface area (TPSA) is 88.4 Å². The van der Waals surface area contributed by atoms with E-state index in [1.165, 1.54) is 0 Å². The average molecular weight is 448 g/mol. The Kier molecular flexibility index (Phi) is 5.40. The van der Waals surface area contributed by atoms with Gasteiger partial charge in [-0.05, 0) is 44.0 Å². The summed E-state index contributed by atoms with van der Waals surface area (Å²) < 4.78 is 29.9. The van der Waals surface area contributed by atoms with E-state index in [-0.39, 0.29) is 10.9 Å². The molecular formula is C24H25N5O2S. The number of sulfonamides is 1. The van der Waals surface area contributed by atoms with Crippen LogP contribution in [0, 0.1) is 6.92 Å². The molecule has 5 rings (SSSR count). The third kappa shape index (κ3) is 4.11. The Morgan fingerprint density at radius 1 is 1.00 bits per heavy atom. The molecule has 4 aromatic rings. The molecule has 32 heavy (non-hydrogen) atoms. The Morgan fingerprint density at radius 3 is 2.44 bits per heavy atom. The van der Waals surface area contributed by atoms with Crippen LogP contribution < -0.4 is 10.0 Å². The van der Waals surface area contributed by atoms with Gasteiger partial charge in [0.1, 0.15) is 5.82 Å². The lowest BCUT2D eigenvalue weighted by Crippen LogP contribution is -2.32. The minimum atomic E-state index is -3.51. The lowest BCUT2D eigenvalue weighted by molar-refractivity contribution is 0.552. The maximum atomic E-state index is 12.7. The summed E-state index contributed by atoms with van der Waals surface area (Å²) in [5, 5.41) is 7.82. The Bertz CT molecular complexity index is 1340. The van der Waals surface area contributed by atoms with E-state index in [2.05, 4.69) is 15.1 Å². The number of hydrogen-bond acceptors (Lipinski definition) is 5. The van der Waals surface area contributed by atoms with E-state index in [0.717, 1.165) is 59.7 Å². The highest BCUT2D eigenvalue weighted by atomic mass is 32.2. The number of aromatic nitrogens is 3. The molecule has 0 atom stereocenters. The molecule has 0 saturated heterocycles. The van der Waals surface area contributed by atoms with E-state index < -0.39 is 10.0 Å². The summed E-state index contributed by atoms with van der Waals surface area (Å²) in [6.07, 6.45) is 5.75. The fraction of sp³-hybridized carbons (Fsp3) is 0.250. The van der Waals surface area contributed by atoms with Crippen molar-refractivity contribution in [2.75, 3.05) is 5.32 Å². The smallest absolute Gasteiger partial charge is 0.240 e. The number of nitrogens with one attached hydrogen (secondary N) is 2. The van der Waals surface area contributed by atoms with Gasteiger partial charge in [-0.25, -0.2) is 18.1 Å². The molecule has 2 heterocycles. The molecule has 8 heteroatoms. The van der Waals surface area contributed by atoms with E-state index in [9.17, 15) is 8.42 Å². The second kappa shape index (κ2) is 8.37. The zero-order valence-electron chi connectivity index (χ0n) is 17.8. The van der Waals surface area contributed by atoms with Gasteiger partial charge in [-0.1, -0.05) is 43.2 Å². The van der Waals surface area contributed by atoms with Crippen LogP contribution in [-0.2, 0) is 10.0 Å². The van der Waals surface area contributed by atoms with Gasteiger partial charge < -0.3 is 5.32 Å². The van der Waals surface area contributed by atoms with Crippen LogP contribution >= 0.6 is 0 Å². The Morgan fingerprint density at radius 2 is 1.72 bits per heavy atom. The summed E-state index contributed by atoms with van der Waals surface area (Å²) in [5.41, 5.74) is 4.37. The highest BCUT2D eigenvalue weighted by Gasteiger charge is 2.22. The van der Waals surface area contributed by atoms with E-state index in [1.54, 1.807) is 35.0 Å². The van der Waals surface area contributed by atoms with Gasteiger partial charge in [0.25, 0.3) is 0 Å². The number of anilines is 2. The maximum Gasteiger partial charge on any atom is 0.240 e. The van der Waals surface area contributed by atoms with Crippen LogP contribution in [0.25, 0.3) is 16.9 Å². The minimum absolute atomic E-state index is 0.0439. The fourth-order valence-electron chi connectivity index (χ4n) is 4.11. The molecule has 0 unspecified atom stereocenters. The van der Waals surface area contributed by atoms with Gasteiger partial charge in [-0.3, -0.25) is 0 Å². The monoisotopic (exact) mass is 447 g/mol. The second-order valence-corrected chi connectivity index (χ2v) is 9.92. The third-order valence-corrected chi connectivity index (χ3v) is 7.37. The molecule has 0 amide bonds. The van der Waals surface area contributed by atoms with Gasteiger partial charge in [0.2, 0.25) is 10.0 Å². The van der Waals surface area contributed by atoms with Crippen LogP contribution in [0.1, 0.15) is 31.2 Å². The molecule has 2 N–H and O–H groups in total. The summed E-state index contributed by atoms with van der Waals surface area (Å²) in [6.45, 7) is 1.98. The van der Waals surface area contributed by atoms with Crippen molar-refractivity contribution in [2.45, 2.75) is 43.5 Å². The Hall–Kier alpha value is -3.23. The second-order valence-electron chi connectivity index (χ2n) is 8.21. The Labute approximate surface area is 187 Å². The standard InChI is InChI=1S/C24H25N5O2S/c1-17-16-25-29-23(15-22(27-24(17)29)18-7-3-2-4-8-18)26-19-11-13-21(14-12-19)32(30,31)28-20-9-5-6-10-20/h2-4,7-8,11-16,20,26,28H,5-6,9-10H2,1H3. The molecule has 1 aliphatic rings.